The largest absolute Gasteiger partial charge is 0.478 e. The van der Waals surface area contributed by atoms with Gasteiger partial charge in [0.1, 0.15) is 11.5 Å². The maximum atomic E-state index is 14.2. The van der Waals surface area contributed by atoms with Crippen LogP contribution in [0.3, 0.4) is 0 Å². The summed E-state index contributed by atoms with van der Waals surface area (Å²) in [5.41, 5.74) is 3.19. The molecule has 4 heterocycles. The van der Waals surface area contributed by atoms with Gasteiger partial charge >= 0.3 is 11.9 Å². The van der Waals surface area contributed by atoms with Gasteiger partial charge in [-0.3, -0.25) is 9.36 Å². The van der Waals surface area contributed by atoms with Gasteiger partial charge in [0.05, 0.1) is 34.0 Å². The average Bonchev–Trinajstić information content (AvgIpc) is 3.80. The van der Waals surface area contributed by atoms with Crippen molar-refractivity contribution in [2.75, 3.05) is 13.4 Å². The zero-order valence-electron chi connectivity index (χ0n) is 24.7. The Morgan fingerprint density at radius 1 is 1.04 bits per heavy atom. The molecule has 0 bridgehead atoms. The molecular formula is C35H26N2O8S. The van der Waals surface area contributed by atoms with E-state index in [2.05, 4.69) is 0 Å². The van der Waals surface area contributed by atoms with Crippen LogP contribution in [0.5, 0.6) is 11.5 Å². The van der Waals surface area contributed by atoms with Crippen molar-refractivity contribution < 1.29 is 33.3 Å². The van der Waals surface area contributed by atoms with Crippen LogP contribution in [-0.2, 0) is 9.53 Å². The summed E-state index contributed by atoms with van der Waals surface area (Å²) in [4.78, 5) is 44.7. The molecule has 46 heavy (non-hydrogen) atoms. The zero-order chi connectivity index (χ0) is 31.9. The lowest BCUT2D eigenvalue weighted by atomic mass is 9.93. The summed E-state index contributed by atoms with van der Waals surface area (Å²) in [5.74, 6) is 0.312. The molecule has 0 amide bonds. The number of fused-ring (bicyclic) bond motifs is 2. The molecule has 7 rings (SSSR count). The molecule has 230 valence electrons. The highest BCUT2D eigenvalue weighted by molar-refractivity contribution is 7.07. The third kappa shape index (κ3) is 5.10. The van der Waals surface area contributed by atoms with E-state index in [1.807, 2.05) is 37.3 Å². The molecule has 11 heteroatoms. The third-order valence-corrected chi connectivity index (χ3v) is 8.72. The molecule has 2 aromatic heterocycles. The molecule has 1 atom stereocenters. The predicted octanol–water partition coefficient (Wildman–Crippen LogP) is 4.93. The first-order valence-corrected chi connectivity index (χ1v) is 15.3. The summed E-state index contributed by atoms with van der Waals surface area (Å²) in [6.07, 6.45) is 1.62. The number of thiazole rings is 1. The highest BCUT2D eigenvalue weighted by Gasteiger charge is 2.36. The normalized spacial score (nSPS) is 15.4. The Hall–Kier alpha value is -5.68. The molecule has 0 saturated carbocycles. The Morgan fingerprint density at radius 3 is 2.63 bits per heavy atom. The molecule has 3 aromatic carbocycles. The number of carbonyl (C=O) groups is 2. The van der Waals surface area contributed by atoms with E-state index < -0.39 is 18.0 Å². The molecule has 0 saturated heterocycles. The van der Waals surface area contributed by atoms with Gasteiger partial charge in [-0.05, 0) is 61.4 Å². The van der Waals surface area contributed by atoms with E-state index in [4.69, 9.17) is 23.6 Å². The Labute approximate surface area is 265 Å². The van der Waals surface area contributed by atoms with Gasteiger partial charge < -0.3 is 23.7 Å². The minimum atomic E-state index is -1.04. The molecular weight excluding hydrogens is 608 g/mol. The average molecular weight is 635 g/mol. The van der Waals surface area contributed by atoms with Crippen molar-refractivity contribution >= 4 is 35.0 Å². The van der Waals surface area contributed by atoms with Crippen LogP contribution in [0.2, 0.25) is 0 Å². The second kappa shape index (κ2) is 11.7. The van der Waals surface area contributed by atoms with Crippen LogP contribution in [0.15, 0.2) is 98.6 Å². The Bertz CT molecular complexity index is 2240. The van der Waals surface area contributed by atoms with E-state index in [1.54, 1.807) is 55.5 Å². The summed E-state index contributed by atoms with van der Waals surface area (Å²) in [6.45, 7) is 3.80. The van der Waals surface area contributed by atoms with Crippen molar-refractivity contribution in [3.63, 3.8) is 0 Å². The van der Waals surface area contributed by atoms with E-state index in [0.717, 1.165) is 5.56 Å². The monoisotopic (exact) mass is 634 g/mol. The zero-order valence-corrected chi connectivity index (χ0v) is 25.5. The number of aryl methyl sites for hydroxylation is 1. The molecule has 0 spiro atoms. The first-order chi connectivity index (χ1) is 22.3. The number of carbonyl (C=O) groups excluding carboxylic acids is 1. The summed E-state index contributed by atoms with van der Waals surface area (Å²) >= 11 is 1.17. The number of hydrogen-bond acceptors (Lipinski definition) is 9. The van der Waals surface area contributed by atoms with Crippen LogP contribution in [0.25, 0.3) is 23.1 Å². The van der Waals surface area contributed by atoms with Crippen LogP contribution < -0.4 is 24.4 Å². The number of nitrogens with zero attached hydrogens (tertiary/aromatic N) is 2. The quantitative estimate of drug-likeness (QED) is 0.250. The minimum Gasteiger partial charge on any atom is -0.478 e. The molecule has 2 aliphatic rings. The van der Waals surface area contributed by atoms with Gasteiger partial charge in [-0.25, -0.2) is 14.6 Å². The van der Waals surface area contributed by atoms with Gasteiger partial charge in [0.25, 0.3) is 5.56 Å². The fourth-order valence-electron chi connectivity index (χ4n) is 5.56. The lowest BCUT2D eigenvalue weighted by molar-refractivity contribution is -0.138. The molecule has 0 unspecified atom stereocenters. The van der Waals surface area contributed by atoms with Crippen LogP contribution >= 0.6 is 11.3 Å². The SMILES string of the molecule is CCOC(=O)C1=C(c2ccccc2)N=c2s/c(=C\c3ccc(-c4cc(C(=O)O)ccc4C)o3)c(=O)n2[C@H]1c1ccc2c(c1)OCO2. The minimum absolute atomic E-state index is 0.0721. The van der Waals surface area contributed by atoms with Gasteiger partial charge in [-0.1, -0.05) is 53.8 Å². The second-order valence-electron chi connectivity index (χ2n) is 10.6. The lowest BCUT2D eigenvalue weighted by Gasteiger charge is -2.26. The van der Waals surface area contributed by atoms with Crippen molar-refractivity contribution in [3.8, 4) is 22.8 Å². The first-order valence-electron chi connectivity index (χ1n) is 14.4. The van der Waals surface area contributed by atoms with Gasteiger partial charge in [-0.15, -0.1) is 0 Å². The standard InChI is InChI=1S/C35H26N2O8S/c1-3-42-34(41)29-30(20-7-5-4-6-8-20)36-35-37(31(29)21-11-13-26-27(16-21)44-18-43-26)32(38)28(46-35)17-23-12-14-25(45-23)24-15-22(33(39)40)10-9-19(24)2/h4-17,31H,3,18H2,1-2H3,(H,39,40)/b28-17-/t31-/m0/s1. The molecule has 0 radical (unpaired) electrons. The number of esters is 1. The fraction of sp³-hybridized carbons (Fsp3) is 0.143. The number of carboxylic acid groups (broad SMARTS) is 1. The number of hydrogen-bond donors (Lipinski definition) is 1. The van der Waals surface area contributed by atoms with Gasteiger partial charge in [0.2, 0.25) is 6.79 Å². The molecule has 5 aromatic rings. The van der Waals surface area contributed by atoms with Crippen LogP contribution in [0.1, 0.15) is 45.8 Å². The fourth-order valence-corrected chi connectivity index (χ4v) is 6.54. The Balaban J connectivity index is 1.41. The number of rotatable bonds is 7. The van der Waals surface area contributed by atoms with Crippen LogP contribution in [0, 0.1) is 6.92 Å². The van der Waals surface area contributed by atoms with Crippen LogP contribution in [-0.4, -0.2) is 35.0 Å². The van der Waals surface area contributed by atoms with Crippen molar-refractivity contribution in [2.45, 2.75) is 19.9 Å². The molecule has 10 nitrogen and oxygen atoms in total. The van der Waals surface area contributed by atoms with Gasteiger partial charge in [0.15, 0.2) is 16.3 Å². The molecule has 2 aliphatic heterocycles. The summed E-state index contributed by atoms with van der Waals surface area (Å²) in [5, 5.41) is 9.45. The summed E-state index contributed by atoms with van der Waals surface area (Å²) < 4.78 is 24.6. The topological polar surface area (TPSA) is 130 Å². The van der Waals surface area contributed by atoms with E-state index in [-0.39, 0.29) is 30.1 Å². The summed E-state index contributed by atoms with van der Waals surface area (Å²) in [7, 11) is 0. The number of aromatic carboxylic acids is 1. The third-order valence-electron chi connectivity index (χ3n) is 7.74. The van der Waals surface area contributed by atoms with E-state index in [1.165, 1.54) is 22.0 Å². The first kappa shape index (κ1) is 29.1. The van der Waals surface area contributed by atoms with Gasteiger partial charge in [0, 0.05) is 17.2 Å². The van der Waals surface area contributed by atoms with Crippen molar-refractivity contribution in [1.82, 2.24) is 4.57 Å². The molecule has 0 aliphatic carbocycles. The lowest BCUT2D eigenvalue weighted by Crippen LogP contribution is -2.40. The summed E-state index contributed by atoms with van der Waals surface area (Å²) in [6, 6.07) is 22.0. The van der Waals surface area contributed by atoms with E-state index in [9.17, 15) is 19.5 Å². The molecule has 0 fully saturated rings. The van der Waals surface area contributed by atoms with E-state index in [0.29, 0.717) is 54.7 Å². The number of benzene rings is 3. The maximum absolute atomic E-state index is 14.2. The molecule has 1 N–H and O–H groups in total. The number of carboxylic acids is 1. The highest BCUT2D eigenvalue weighted by Crippen LogP contribution is 2.40. The predicted molar refractivity (Wildman–Crippen MR) is 169 cm³/mol. The van der Waals surface area contributed by atoms with Crippen molar-refractivity contribution in [3.05, 3.63) is 132 Å². The van der Waals surface area contributed by atoms with E-state index >= 15 is 0 Å². The Kier molecular flexibility index (Phi) is 7.37. The smallest absolute Gasteiger partial charge is 0.338 e. The Morgan fingerprint density at radius 2 is 1.85 bits per heavy atom. The van der Waals surface area contributed by atoms with Crippen molar-refractivity contribution in [2.24, 2.45) is 4.99 Å². The highest BCUT2D eigenvalue weighted by atomic mass is 32.1. The second-order valence-corrected chi connectivity index (χ2v) is 11.6. The van der Waals surface area contributed by atoms with Crippen molar-refractivity contribution in [1.29, 1.82) is 0 Å². The van der Waals surface area contributed by atoms with Gasteiger partial charge in [-0.2, -0.15) is 0 Å². The maximum Gasteiger partial charge on any atom is 0.338 e. The number of ether oxygens (including phenoxy) is 3. The number of aromatic nitrogens is 1. The van der Waals surface area contributed by atoms with Crippen LogP contribution in [0.4, 0.5) is 0 Å². The number of furan rings is 1.